The van der Waals surface area contributed by atoms with Gasteiger partial charge in [0.2, 0.25) is 0 Å². The summed E-state index contributed by atoms with van der Waals surface area (Å²) in [6, 6.07) is 1.42. The van der Waals surface area contributed by atoms with Crippen LogP contribution in [-0.2, 0) is 16.0 Å². The van der Waals surface area contributed by atoms with E-state index in [4.69, 9.17) is 14.2 Å². The van der Waals surface area contributed by atoms with Gasteiger partial charge in [-0.25, -0.2) is 4.39 Å². The molecule has 1 aliphatic carbocycles. The second-order valence-electron chi connectivity index (χ2n) is 4.66. The van der Waals surface area contributed by atoms with E-state index < -0.39 is 23.5 Å². The molecule has 0 N–H and O–H groups in total. The first-order chi connectivity index (χ1) is 10.0. The van der Waals surface area contributed by atoms with Gasteiger partial charge in [0.05, 0.1) is 20.8 Å². The predicted molar refractivity (Wildman–Crippen MR) is 72.3 cm³/mol. The number of carbonyl (C=O) groups is 2. The number of fused-ring (bicyclic) bond motifs is 1. The fourth-order valence-corrected chi connectivity index (χ4v) is 2.53. The summed E-state index contributed by atoms with van der Waals surface area (Å²) in [6.07, 6.45) is 0.508. The largest absolute Gasteiger partial charge is 0.493 e. The van der Waals surface area contributed by atoms with Gasteiger partial charge in [0.25, 0.3) is 0 Å². The quantitative estimate of drug-likeness (QED) is 0.629. The van der Waals surface area contributed by atoms with Gasteiger partial charge in [0.1, 0.15) is 5.92 Å². The third-order valence-electron chi connectivity index (χ3n) is 3.55. The Balaban J connectivity index is 2.46. The minimum absolute atomic E-state index is 0.0290. The highest BCUT2D eigenvalue weighted by atomic mass is 19.1. The standard InChI is InChI=1S/C15H17FO5/c1-4-21-15(18)9-6-5-8-10(13(9)17)7-11(19-2)14(20-3)12(8)16/h7,9H,4-6H2,1-3H3. The van der Waals surface area contributed by atoms with Gasteiger partial charge in [-0.05, 0) is 25.8 Å². The van der Waals surface area contributed by atoms with Gasteiger partial charge >= 0.3 is 5.97 Å². The van der Waals surface area contributed by atoms with Gasteiger partial charge in [0.15, 0.2) is 23.1 Å². The molecule has 21 heavy (non-hydrogen) atoms. The Morgan fingerprint density at radius 1 is 1.38 bits per heavy atom. The first-order valence-electron chi connectivity index (χ1n) is 6.69. The van der Waals surface area contributed by atoms with Crippen LogP contribution < -0.4 is 9.47 Å². The molecule has 0 fully saturated rings. The molecule has 1 aromatic rings. The van der Waals surface area contributed by atoms with Crippen molar-refractivity contribution < 1.29 is 28.2 Å². The second-order valence-corrected chi connectivity index (χ2v) is 4.66. The first kappa shape index (κ1) is 15.3. The number of rotatable bonds is 4. The van der Waals surface area contributed by atoms with E-state index in [1.807, 2.05) is 0 Å². The molecule has 1 unspecified atom stereocenters. The molecule has 1 atom stereocenters. The van der Waals surface area contributed by atoms with Crippen LogP contribution in [0.1, 0.15) is 29.3 Å². The predicted octanol–water partition coefficient (Wildman–Crippen LogP) is 2.15. The van der Waals surface area contributed by atoms with Crippen LogP contribution in [0.5, 0.6) is 11.5 Å². The lowest BCUT2D eigenvalue weighted by Gasteiger charge is -2.24. The van der Waals surface area contributed by atoms with E-state index in [9.17, 15) is 14.0 Å². The van der Waals surface area contributed by atoms with Gasteiger partial charge in [-0.2, -0.15) is 0 Å². The van der Waals surface area contributed by atoms with Crippen LogP contribution in [0.2, 0.25) is 0 Å². The molecule has 2 rings (SSSR count). The second kappa shape index (κ2) is 6.11. The number of esters is 1. The van der Waals surface area contributed by atoms with Crippen LogP contribution in [0.25, 0.3) is 0 Å². The molecular weight excluding hydrogens is 279 g/mol. The summed E-state index contributed by atoms with van der Waals surface area (Å²) in [6.45, 7) is 1.88. The van der Waals surface area contributed by atoms with Crippen molar-refractivity contribution in [2.24, 2.45) is 5.92 Å². The van der Waals surface area contributed by atoms with Gasteiger partial charge in [-0.15, -0.1) is 0 Å². The lowest BCUT2D eigenvalue weighted by atomic mass is 9.82. The van der Waals surface area contributed by atoms with Gasteiger partial charge in [0, 0.05) is 11.1 Å². The van der Waals surface area contributed by atoms with Crippen LogP contribution in [0, 0.1) is 11.7 Å². The van der Waals surface area contributed by atoms with Crippen LogP contribution in [0.3, 0.4) is 0 Å². The maximum absolute atomic E-state index is 14.4. The Hall–Kier alpha value is -2.11. The fourth-order valence-electron chi connectivity index (χ4n) is 2.53. The summed E-state index contributed by atoms with van der Waals surface area (Å²) in [5.41, 5.74) is 0.424. The zero-order valence-electron chi connectivity index (χ0n) is 12.2. The van der Waals surface area contributed by atoms with Crippen LogP contribution in [0.15, 0.2) is 6.07 Å². The van der Waals surface area contributed by atoms with Crippen molar-refractivity contribution in [3.8, 4) is 11.5 Å². The fraction of sp³-hybridized carbons (Fsp3) is 0.467. The Morgan fingerprint density at radius 3 is 2.67 bits per heavy atom. The number of Topliss-reactive ketones (excluding diaryl/α,β-unsaturated/α-hetero) is 1. The molecule has 0 radical (unpaired) electrons. The van der Waals surface area contributed by atoms with E-state index in [0.717, 1.165) is 0 Å². The number of carbonyl (C=O) groups excluding carboxylic acids is 2. The number of benzene rings is 1. The Bertz CT molecular complexity index is 582. The highest BCUT2D eigenvalue weighted by Crippen LogP contribution is 2.39. The van der Waals surface area contributed by atoms with Crippen molar-refractivity contribution in [1.29, 1.82) is 0 Å². The summed E-state index contributed by atoms with van der Waals surface area (Å²) >= 11 is 0. The molecule has 114 valence electrons. The monoisotopic (exact) mass is 296 g/mol. The molecule has 0 amide bonds. The van der Waals surface area contributed by atoms with Gasteiger partial charge in [-0.3, -0.25) is 9.59 Å². The molecule has 1 aromatic carbocycles. The number of methoxy groups -OCH3 is 2. The smallest absolute Gasteiger partial charge is 0.316 e. The highest BCUT2D eigenvalue weighted by Gasteiger charge is 2.37. The third-order valence-corrected chi connectivity index (χ3v) is 3.55. The Kier molecular flexibility index (Phi) is 4.45. The van der Waals surface area contributed by atoms with E-state index >= 15 is 0 Å². The number of hydrogen-bond acceptors (Lipinski definition) is 5. The van der Waals surface area contributed by atoms with Crippen molar-refractivity contribution in [2.75, 3.05) is 20.8 Å². The molecule has 0 bridgehead atoms. The summed E-state index contributed by atoms with van der Waals surface area (Å²) in [5, 5.41) is 0. The summed E-state index contributed by atoms with van der Waals surface area (Å²) in [5.74, 6) is -2.39. The average molecular weight is 296 g/mol. The van der Waals surface area contributed by atoms with Crippen molar-refractivity contribution in [1.82, 2.24) is 0 Å². The van der Waals surface area contributed by atoms with Crippen LogP contribution in [0.4, 0.5) is 4.39 Å². The maximum Gasteiger partial charge on any atom is 0.316 e. The molecule has 1 aliphatic rings. The molecule has 0 aliphatic heterocycles. The third kappa shape index (κ3) is 2.57. The number of ether oxygens (including phenoxy) is 3. The molecule has 0 saturated carbocycles. The molecule has 0 heterocycles. The summed E-state index contributed by atoms with van der Waals surface area (Å²) in [7, 11) is 2.69. The van der Waals surface area contributed by atoms with E-state index in [1.165, 1.54) is 20.3 Å². The molecule has 6 heteroatoms. The van der Waals surface area contributed by atoms with Crippen molar-refractivity contribution in [3.05, 3.63) is 23.0 Å². The lowest BCUT2D eigenvalue weighted by molar-refractivity contribution is -0.146. The topological polar surface area (TPSA) is 61.8 Å². The van der Waals surface area contributed by atoms with E-state index in [2.05, 4.69) is 0 Å². The average Bonchev–Trinajstić information content (AvgIpc) is 2.48. The number of hydrogen-bond donors (Lipinski definition) is 0. The molecule has 0 aromatic heterocycles. The van der Waals surface area contributed by atoms with Gasteiger partial charge < -0.3 is 14.2 Å². The van der Waals surface area contributed by atoms with Crippen molar-refractivity contribution in [3.63, 3.8) is 0 Å². The number of halogens is 1. The molecule has 0 saturated heterocycles. The lowest BCUT2D eigenvalue weighted by Crippen LogP contribution is -2.31. The summed E-state index contributed by atoms with van der Waals surface area (Å²) < 4.78 is 29.3. The number of ketones is 1. The van der Waals surface area contributed by atoms with E-state index in [0.29, 0.717) is 0 Å². The Morgan fingerprint density at radius 2 is 2.10 bits per heavy atom. The zero-order valence-corrected chi connectivity index (χ0v) is 12.2. The zero-order chi connectivity index (χ0) is 15.6. The van der Waals surface area contributed by atoms with E-state index in [1.54, 1.807) is 6.92 Å². The van der Waals surface area contributed by atoms with E-state index in [-0.39, 0.29) is 42.1 Å². The normalized spacial score (nSPS) is 17.1. The first-order valence-corrected chi connectivity index (χ1v) is 6.69. The van der Waals surface area contributed by atoms with Crippen molar-refractivity contribution >= 4 is 11.8 Å². The molecule has 5 nitrogen and oxygen atoms in total. The minimum Gasteiger partial charge on any atom is -0.493 e. The minimum atomic E-state index is -0.880. The van der Waals surface area contributed by atoms with Crippen molar-refractivity contribution in [2.45, 2.75) is 19.8 Å². The molecule has 0 spiro atoms. The maximum atomic E-state index is 14.4. The van der Waals surface area contributed by atoms with Gasteiger partial charge in [-0.1, -0.05) is 0 Å². The Labute approximate surface area is 122 Å². The SMILES string of the molecule is CCOC(=O)C1CCc2c(cc(OC)c(OC)c2F)C1=O. The van der Waals surface area contributed by atoms with Crippen LogP contribution in [-0.4, -0.2) is 32.6 Å². The van der Waals surface area contributed by atoms with Crippen LogP contribution >= 0.6 is 0 Å². The molecular formula is C15H17FO5. The summed E-state index contributed by atoms with van der Waals surface area (Å²) in [4.78, 5) is 24.2. The highest BCUT2D eigenvalue weighted by molar-refractivity contribution is 6.10.